The van der Waals surface area contributed by atoms with Gasteiger partial charge in [0.15, 0.2) is 0 Å². The summed E-state index contributed by atoms with van der Waals surface area (Å²) in [6.07, 6.45) is 0.523. The highest BCUT2D eigenvalue weighted by Gasteiger charge is 1.96. The van der Waals surface area contributed by atoms with Crippen LogP contribution in [0.25, 0.3) is 0 Å². The molecule has 0 aromatic rings. The Bertz CT molecular complexity index is 98.6. The van der Waals surface area contributed by atoms with Crippen molar-refractivity contribution < 1.29 is 9.90 Å². The number of halogens is 1. The molecule has 0 aromatic heterocycles. The molecule has 0 amide bonds. The predicted molar refractivity (Wildman–Crippen MR) is 34.3 cm³/mol. The van der Waals surface area contributed by atoms with Gasteiger partial charge in [0, 0.05) is 5.57 Å². The fourth-order valence-corrected chi connectivity index (χ4v) is 0.151. The lowest BCUT2D eigenvalue weighted by Gasteiger charge is -1.87. The second kappa shape index (κ2) is 4.65. The molecule has 0 aliphatic heterocycles. The van der Waals surface area contributed by atoms with Crippen LogP contribution in [0.4, 0.5) is 0 Å². The highest BCUT2D eigenvalue weighted by molar-refractivity contribution is 5.85. The van der Waals surface area contributed by atoms with Crippen molar-refractivity contribution in [3.63, 3.8) is 0 Å². The third-order valence-electron chi connectivity index (χ3n) is 0.729. The number of hydrogen-bond donors (Lipinski definition) is 1. The van der Waals surface area contributed by atoms with Gasteiger partial charge < -0.3 is 5.11 Å². The van der Waals surface area contributed by atoms with Gasteiger partial charge in [0.2, 0.25) is 0 Å². The van der Waals surface area contributed by atoms with Crippen LogP contribution < -0.4 is 0 Å². The van der Waals surface area contributed by atoms with Gasteiger partial charge in [0.25, 0.3) is 0 Å². The van der Waals surface area contributed by atoms with E-state index in [0.717, 1.165) is 0 Å². The number of carboxylic acid groups (broad SMARTS) is 1. The van der Waals surface area contributed by atoms with Gasteiger partial charge in [-0.25, -0.2) is 4.79 Å². The van der Waals surface area contributed by atoms with Crippen LogP contribution in [-0.4, -0.2) is 11.1 Å². The minimum absolute atomic E-state index is 0. The molecule has 0 radical (unpaired) electrons. The minimum atomic E-state index is -0.900. The van der Waals surface area contributed by atoms with E-state index in [1.54, 1.807) is 6.92 Å². The average molecular weight is 137 g/mol. The first-order chi connectivity index (χ1) is 3.18. The minimum Gasteiger partial charge on any atom is -0.478 e. The number of aliphatic carboxylic acids is 1. The fraction of sp³-hybridized carbons (Fsp3) is 0.400. The zero-order chi connectivity index (χ0) is 5.86. The van der Waals surface area contributed by atoms with Gasteiger partial charge in [-0.3, -0.25) is 0 Å². The van der Waals surface area contributed by atoms with Crippen molar-refractivity contribution in [1.82, 2.24) is 0 Å². The molecule has 8 heavy (non-hydrogen) atoms. The van der Waals surface area contributed by atoms with E-state index in [9.17, 15) is 4.79 Å². The van der Waals surface area contributed by atoms with Gasteiger partial charge in [0.05, 0.1) is 0 Å². The van der Waals surface area contributed by atoms with Crippen LogP contribution in [0.15, 0.2) is 12.2 Å². The molecule has 0 aliphatic carbocycles. The molecule has 48 valence electrons. The smallest absolute Gasteiger partial charge is 0.330 e. The Balaban J connectivity index is 0. The maximum atomic E-state index is 9.83. The second-order valence-corrected chi connectivity index (χ2v) is 1.26. The molecule has 0 rings (SSSR count). The lowest BCUT2D eigenvalue weighted by molar-refractivity contribution is -0.132. The molecular weight excluding hydrogens is 128 g/mol. The highest BCUT2D eigenvalue weighted by Crippen LogP contribution is 1.93. The van der Waals surface area contributed by atoms with Crippen molar-refractivity contribution in [2.24, 2.45) is 0 Å². The Hall–Kier alpha value is -0.500. The fourth-order valence-electron chi connectivity index (χ4n) is 0.151. The van der Waals surface area contributed by atoms with Crippen LogP contribution in [-0.2, 0) is 4.79 Å². The molecule has 0 bridgehead atoms. The van der Waals surface area contributed by atoms with Gasteiger partial charge in [-0.2, -0.15) is 0 Å². The Morgan fingerprint density at radius 1 is 1.75 bits per heavy atom. The maximum Gasteiger partial charge on any atom is 0.330 e. The third kappa shape index (κ3) is 3.68. The molecule has 0 atom stereocenters. The van der Waals surface area contributed by atoms with Gasteiger partial charge >= 0.3 is 5.97 Å². The summed E-state index contributed by atoms with van der Waals surface area (Å²) in [4.78, 5) is 9.83. The van der Waals surface area contributed by atoms with E-state index in [0.29, 0.717) is 6.42 Å². The molecule has 0 saturated carbocycles. The molecule has 0 unspecified atom stereocenters. The largest absolute Gasteiger partial charge is 0.478 e. The predicted octanol–water partition coefficient (Wildman–Crippen LogP) is 1.46. The summed E-state index contributed by atoms with van der Waals surface area (Å²) in [5, 5.41) is 8.08. The Morgan fingerprint density at radius 3 is 2.12 bits per heavy atom. The van der Waals surface area contributed by atoms with Crippen LogP contribution >= 0.6 is 12.4 Å². The van der Waals surface area contributed by atoms with Crippen molar-refractivity contribution in [2.75, 3.05) is 0 Å². The van der Waals surface area contributed by atoms with Crippen LogP contribution in [0.3, 0.4) is 0 Å². The van der Waals surface area contributed by atoms with Crippen LogP contribution in [0.2, 0.25) is 0 Å². The van der Waals surface area contributed by atoms with E-state index >= 15 is 0 Å². The van der Waals surface area contributed by atoms with E-state index < -0.39 is 5.97 Å². The first kappa shape index (κ1) is 10.5. The second-order valence-electron chi connectivity index (χ2n) is 1.26. The van der Waals surface area contributed by atoms with E-state index in [1.807, 2.05) is 0 Å². The molecule has 2 nitrogen and oxygen atoms in total. The lowest BCUT2D eigenvalue weighted by atomic mass is 10.2. The van der Waals surface area contributed by atoms with Crippen LogP contribution in [0, 0.1) is 0 Å². The van der Waals surface area contributed by atoms with Crippen molar-refractivity contribution in [2.45, 2.75) is 13.3 Å². The van der Waals surface area contributed by atoms with E-state index in [-0.39, 0.29) is 18.0 Å². The summed E-state index contributed by atoms with van der Waals surface area (Å²) in [7, 11) is 0. The van der Waals surface area contributed by atoms with Crippen molar-refractivity contribution >= 4 is 18.4 Å². The van der Waals surface area contributed by atoms with Gasteiger partial charge in [-0.1, -0.05) is 13.5 Å². The van der Waals surface area contributed by atoms with Gasteiger partial charge in [0.1, 0.15) is 0 Å². The molecular formula is C5H9ClO2. The molecule has 0 spiro atoms. The summed E-state index contributed by atoms with van der Waals surface area (Å²) < 4.78 is 0. The molecule has 0 saturated heterocycles. The van der Waals surface area contributed by atoms with E-state index in [1.165, 1.54) is 0 Å². The van der Waals surface area contributed by atoms with E-state index in [4.69, 9.17) is 5.11 Å². The molecule has 0 fully saturated rings. The van der Waals surface area contributed by atoms with Gasteiger partial charge in [-0.05, 0) is 6.42 Å². The summed E-state index contributed by atoms with van der Waals surface area (Å²) in [5.74, 6) is -0.900. The Morgan fingerprint density at radius 2 is 2.12 bits per heavy atom. The average Bonchev–Trinajstić information content (AvgIpc) is 1.65. The molecule has 0 aliphatic rings. The van der Waals surface area contributed by atoms with Crippen molar-refractivity contribution in [3.8, 4) is 0 Å². The van der Waals surface area contributed by atoms with Crippen LogP contribution in [0.1, 0.15) is 13.3 Å². The number of carbonyl (C=O) groups is 1. The normalized spacial score (nSPS) is 7.12. The highest BCUT2D eigenvalue weighted by atomic mass is 35.5. The zero-order valence-electron chi connectivity index (χ0n) is 4.68. The standard InChI is InChI=1S/C5H8O2.ClH/c1-3-4(2)5(6)7;/h2-3H2,1H3,(H,6,7);1H. The SMILES string of the molecule is C=C(CC)C(=O)O.Cl. The van der Waals surface area contributed by atoms with Gasteiger partial charge in [-0.15, -0.1) is 12.4 Å². The number of carboxylic acids is 1. The monoisotopic (exact) mass is 136 g/mol. The summed E-state index contributed by atoms with van der Waals surface area (Å²) in [6.45, 7) is 5.03. The molecule has 3 heteroatoms. The molecule has 1 N–H and O–H groups in total. The first-order valence-corrected chi connectivity index (χ1v) is 2.09. The molecule has 0 heterocycles. The quantitative estimate of drug-likeness (QED) is 0.584. The third-order valence-corrected chi connectivity index (χ3v) is 0.729. The summed E-state index contributed by atoms with van der Waals surface area (Å²) in [5.41, 5.74) is 0.264. The molecule has 0 aromatic carbocycles. The first-order valence-electron chi connectivity index (χ1n) is 2.09. The number of rotatable bonds is 2. The Labute approximate surface area is 54.6 Å². The summed E-state index contributed by atoms with van der Waals surface area (Å²) >= 11 is 0. The topological polar surface area (TPSA) is 37.3 Å². The van der Waals surface area contributed by atoms with Crippen molar-refractivity contribution in [1.29, 1.82) is 0 Å². The summed E-state index contributed by atoms with van der Waals surface area (Å²) in [6, 6.07) is 0. The zero-order valence-corrected chi connectivity index (χ0v) is 5.49. The lowest BCUT2D eigenvalue weighted by Crippen LogP contribution is -1.95. The van der Waals surface area contributed by atoms with Crippen molar-refractivity contribution in [3.05, 3.63) is 12.2 Å². The van der Waals surface area contributed by atoms with Crippen LogP contribution in [0.5, 0.6) is 0 Å². The Kier molecular flexibility index (Phi) is 6.09. The maximum absolute atomic E-state index is 9.83. The number of hydrogen-bond acceptors (Lipinski definition) is 1. The van der Waals surface area contributed by atoms with E-state index in [2.05, 4.69) is 6.58 Å².